The largest absolute Gasteiger partial charge is 0.463 e. The number of carbonyl (C=O) groups excluding carboxylic acids is 1. The van der Waals surface area contributed by atoms with Crippen LogP contribution in [-0.2, 0) is 11.3 Å². The van der Waals surface area contributed by atoms with Crippen molar-refractivity contribution in [2.75, 3.05) is 0 Å². The molecule has 25 heavy (non-hydrogen) atoms. The van der Waals surface area contributed by atoms with E-state index in [1.807, 2.05) is 73.8 Å². The number of benzene rings is 2. The van der Waals surface area contributed by atoms with E-state index in [0.29, 0.717) is 12.4 Å². The third-order valence-electron chi connectivity index (χ3n) is 3.84. The van der Waals surface area contributed by atoms with Crippen LogP contribution < -0.4 is 10.1 Å². The molecule has 1 atom stereocenters. The van der Waals surface area contributed by atoms with Gasteiger partial charge >= 0.3 is 0 Å². The fourth-order valence-electron chi connectivity index (χ4n) is 2.42. The number of nitrogens with zero attached hydrogens (tertiary/aromatic N) is 2. The van der Waals surface area contributed by atoms with Crippen molar-refractivity contribution in [2.24, 2.45) is 0 Å². The number of ether oxygens (including phenoxy) is 1. The minimum Gasteiger partial charge on any atom is -0.463 e. The summed E-state index contributed by atoms with van der Waals surface area (Å²) in [7, 11) is 0. The molecule has 1 amide bonds. The number of rotatable bonds is 6. The first kappa shape index (κ1) is 16.8. The first-order valence-electron chi connectivity index (χ1n) is 8.23. The van der Waals surface area contributed by atoms with Crippen molar-refractivity contribution in [3.05, 3.63) is 78.0 Å². The molecule has 128 valence electrons. The van der Waals surface area contributed by atoms with Gasteiger partial charge in [0.05, 0.1) is 5.69 Å². The second kappa shape index (κ2) is 7.66. The van der Waals surface area contributed by atoms with Crippen molar-refractivity contribution >= 4 is 5.91 Å². The highest BCUT2D eigenvalue weighted by Crippen LogP contribution is 2.19. The maximum atomic E-state index is 12.2. The van der Waals surface area contributed by atoms with Gasteiger partial charge in [0, 0.05) is 18.3 Å². The summed E-state index contributed by atoms with van der Waals surface area (Å²) in [4.78, 5) is 12.2. The highest BCUT2D eigenvalue weighted by Gasteiger charge is 2.17. The van der Waals surface area contributed by atoms with E-state index in [4.69, 9.17) is 4.74 Å². The summed E-state index contributed by atoms with van der Waals surface area (Å²) in [6.45, 7) is 4.11. The highest BCUT2D eigenvalue weighted by atomic mass is 16.5. The van der Waals surface area contributed by atoms with Crippen LogP contribution in [-0.4, -0.2) is 21.8 Å². The second-order valence-corrected chi connectivity index (χ2v) is 5.86. The number of aryl methyl sites for hydroxylation is 1. The van der Waals surface area contributed by atoms with Crippen LogP contribution in [0.3, 0.4) is 0 Å². The normalized spacial score (nSPS) is 11.8. The average molecular weight is 335 g/mol. The van der Waals surface area contributed by atoms with Crippen molar-refractivity contribution in [1.29, 1.82) is 0 Å². The summed E-state index contributed by atoms with van der Waals surface area (Å²) >= 11 is 0. The van der Waals surface area contributed by atoms with Crippen LogP contribution in [0.5, 0.6) is 5.88 Å². The van der Waals surface area contributed by atoms with Crippen molar-refractivity contribution in [2.45, 2.75) is 26.5 Å². The number of hydrogen-bond donors (Lipinski definition) is 1. The van der Waals surface area contributed by atoms with Crippen molar-refractivity contribution in [1.82, 2.24) is 15.1 Å². The van der Waals surface area contributed by atoms with Gasteiger partial charge in [0.1, 0.15) is 0 Å². The Bertz CT molecular complexity index is 829. The lowest BCUT2D eigenvalue weighted by molar-refractivity contribution is -0.127. The first-order valence-corrected chi connectivity index (χ1v) is 8.23. The third-order valence-corrected chi connectivity index (χ3v) is 3.84. The molecule has 0 saturated heterocycles. The number of carbonyl (C=O) groups is 1. The zero-order valence-electron chi connectivity index (χ0n) is 14.3. The van der Waals surface area contributed by atoms with Crippen LogP contribution in [0.4, 0.5) is 0 Å². The van der Waals surface area contributed by atoms with Crippen molar-refractivity contribution in [3.8, 4) is 11.6 Å². The zero-order valence-corrected chi connectivity index (χ0v) is 14.3. The molecule has 2 aromatic carbocycles. The van der Waals surface area contributed by atoms with Gasteiger partial charge in [-0.25, -0.2) is 4.68 Å². The summed E-state index contributed by atoms with van der Waals surface area (Å²) < 4.78 is 7.50. The van der Waals surface area contributed by atoms with E-state index in [-0.39, 0.29) is 5.91 Å². The molecule has 3 aromatic rings. The molecule has 1 heterocycles. The van der Waals surface area contributed by atoms with Gasteiger partial charge < -0.3 is 10.1 Å². The molecular formula is C20H21N3O2. The summed E-state index contributed by atoms with van der Waals surface area (Å²) in [5, 5.41) is 7.31. The molecule has 1 aromatic heterocycles. The molecule has 0 aliphatic heterocycles. The minimum atomic E-state index is -0.624. The van der Waals surface area contributed by atoms with Gasteiger partial charge in [0.2, 0.25) is 5.88 Å². The monoisotopic (exact) mass is 335 g/mol. The Morgan fingerprint density at radius 3 is 2.44 bits per heavy atom. The van der Waals surface area contributed by atoms with Gasteiger partial charge in [0.15, 0.2) is 6.10 Å². The van der Waals surface area contributed by atoms with Gasteiger partial charge in [-0.3, -0.25) is 4.79 Å². The molecule has 0 saturated carbocycles. The Morgan fingerprint density at radius 1 is 1.12 bits per heavy atom. The van der Waals surface area contributed by atoms with Gasteiger partial charge in [-0.15, -0.1) is 5.10 Å². The number of aromatic nitrogens is 2. The van der Waals surface area contributed by atoms with Crippen LogP contribution in [0.15, 0.2) is 66.9 Å². The fourth-order valence-corrected chi connectivity index (χ4v) is 2.42. The Hall–Kier alpha value is -3.08. The minimum absolute atomic E-state index is 0.169. The van der Waals surface area contributed by atoms with Gasteiger partial charge in [0.25, 0.3) is 5.91 Å². The van der Waals surface area contributed by atoms with E-state index in [9.17, 15) is 4.79 Å². The van der Waals surface area contributed by atoms with Gasteiger partial charge in [-0.05, 0) is 31.5 Å². The molecule has 5 nitrogen and oxygen atoms in total. The van der Waals surface area contributed by atoms with E-state index in [1.165, 1.54) is 0 Å². The van der Waals surface area contributed by atoms with Crippen molar-refractivity contribution < 1.29 is 9.53 Å². The molecule has 1 N–H and O–H groups in total. The molecule has 0 fully saturated rings. The maximum absolute atomic E-state index is 12.2. The van der Waals surface area contributed by atoms with Crippen LogP contribution >= 0.6 is 0 Å². The summed E-state index contributed by atoms with van der Waals surface area (Å²) in [6.07, 6.45) is 1.26. The first-order chi connectivity index (χ1) is 12.1. The molecule has 3 rings (SSSR count). The lowest BCUT2D eigenvalue weighted by atomic mass is 10.2. The molecule has 0 bridgehead atoms. The standard InChI is InChI=1S/C20H21N3O2/c1-15-14-23(18-11-7-4-8-12-18)22-20(15)25-16(2)19(24)21-13-17-9-5-3-6-10-17/h3-12,14,16H,13H2,1-2H3,(H,21,24). The van der Waals surface area contributed by atoms with E-state index in [2.05, 4.69) is 10.4 Å². The SMILES string of the molecule is Cc1cn(-c2ccccc2)nc1OC(C)C(=O)NCc1ccccc1. The Labute approximate surface area is 147 Å². The third kappa shape index (κ3) is 4.26. The molecule has 0 spiro atoms. The maximum Gasteiger partial charge on any atom is 0.261 e. The van der Waals surface area contributed by atoms with Crippen LogP contribution in [0.1, 0.15) is 18.1 Å². The average Bonchev–Trinajstić information content (AvgIpc) is 3.02. The Kier molecular flexibility index (Phi) is 5.14. The van der Waals surface area contributed by atoms with E-state index >= 15 is 0 Å². The number of amides is 1. The predicted octanol–water partition coefficient (Wildman–Crippen LogP) is 3.26. The molecular weight excluding hydrogens is 314 g/mol. The molecule has 0 aliphatic carbocycles. The van der Waals surface area contributed by atoms with Crippen LogP contribution in [0.2, 0.25) is 0 Å². The second-order valence-electron chi connectivity index (χ2n) is 5.86. The topological polar surface area (TPSA) is 56.2 Å². The quantitative estimate of drug-likeness (QED) is 0.752. The lowest BCUT2D eigenvalue weighted by Crippen LogP contribution is -2.36. The molecule has 0 aliphatic rings. The smallest absolute Gasteiger partial charge is 0.261 e. The van der Waals surface area contributed by atoms with Gasteiger partial charge in [-0.2, -0.15) is 0 Å². The van der Waals surface area contributed by atoms with Crippen LogP contribution in [0, 0.1) is 6.92 Å². The fraction of sp³-hybridized carbons (Fsp3) is 0.200. The number of para-hydroxylation sites is 1. The number of nitrogens with one attached hydrogen (secondary N) is 1. The summed E-state index contributed by atoms with van der Waals surface area (Å²) in [5.41, 5.74) is 2.88. The molecule has 0 radical (unpaired) electrons. The van der Waals surface area contributed by atoms with E-state index in [0.717, 1.165) is 16.8 Å². The predicted molar refractivity (Wildman–Crippen MR) is 96.7 cm³/mol. The van der Waals surface area contributed by atoms with Gasteiger partial charge in [-0.1, -0.05) is 48.5 Å². The van der Waals surface area contributed by atoms with Crippen LogP contribution in [0.25, 0.3) is 5.69 Å². The van der Waals surface area contributed by atoms with Crippen molar-refractivity contribution in [3.63, 3.8) is 0 Å². The molecule has 5 heteroatoms. The molecule has 1 unspecified atom stereocenters. The Morgan fingerprint density at radius 2 is 1.76 bits per heavy atom. The zero-order chi connectivity index (χ0) is 17.6. The number of hydrogen-bond acceptors (Lipinski definition) is 3. The highest BCUT2D eigenvalue weighted by molar-refractivity contribution is 5.80. The summed E-state index contributed by atoms with van der Waals surface area (Å²) in [6, 6.07) is 19.6. The van der Waals surface area contributed by atoms with E-state index in [1.54, 1.807) is 11.6 Å². The Balaban J connectivity index is 1.61. The van der Waals surface area contributed by atoms with E-state index < -0.39 is 6.10 Å². The lowest BCUT2D eigenvalue weighted by Gasteiger charge is -2.13. The summed E-state index contributed by atoms with van der Waals surface area (Å²) in [5.74, 6) is 0.295.